The molecule has 0 aliphatic rings. The SMILES string of the molecule is O=C(CCCCCCCCCCCC(=O)c1ccccc1S)Cc1ccccc1. The van der Waals surface area contributed by atoms with E-state index in [-0.39, 0.29) is 5.78 Å². The Balaban J connectivity index is 1.39. The standard InChI is InChI=1S/C26H34O2S/c27-23(21-22-15-9-8-10-16-22)17-11-6-4-2-1-3-5-7-12-19-25(28)24-18-13-14-20-26(24)29/h8-10,13-16,18,20,29H,1-7,11-12,17,19,21H2. The van der Waals surface area contributed by atoms with Crippen molar-refractivity contribution in [3.05, 3.63) is 65.7 Å². The highest BCUT2D eigenvalue weighted by Gasteiger charge is 2.08. The molecule has 0 spiro atoms. The summed E-state index contributed by atoms with van der Waals surface area (Å²) in [5, 5.41) is 0. The Morgan fingerprint density at radius 1 is 0.621 bits per heavy atom. The first-order valence-electron chi connectivity index (χ1n) is 11.0. The van der Waals surface area contributed by atoms with Crippen LogP contribution in [0, 0.1) is 0 Å². The van der Waals surface area contributed by atoms with Crippen molar-refractivity contribution in [1.82, 2.24) is 0 Å². The van der Waals surface area contributed by atoms with Crippen LogP contribution in [0.25, 0.3) is 0 Å². The van der Waals surface area contributed by atoms with E-state index >= 15 is 0 Å². The van der Waals surface area contributed by atoms with Gasteiger partial charge in [-0.15, -0.1) is 12.6 Å². The normalized spacial score (nSPS) is 10.8. The summed E-state index contributed by atoms with van der Waals surface area (Å²) in [5.41, 5.74) is 1.87. The largest absolute Gasteiger partial charge is 0.299 e. The summed E-state index contributed by atoms with van der Waals surface area (Å²) in [6, 6.07) is 17.5. The first-order chi connectivity index (χ1) is 14.2. The van der Waals surface area contributed by atoms with Gasteiger partial charge in [-0.05, 0) is 24.5 Å². The van der Waals surface area contributed by atoms with Gasteiger partial charge in [-0.3, -0.25) is 9.59 Å². The summed E-state index contributed by atoms with van der Waals surface area (Å²) in [7, 11) is 0. The summed E-state index contributed by atoms with van der Waals surface area (Å²) in [6.07, 6.45) is 12.3. The van der Waals surface area contributed by atoms with Gasteiger partial charge in [-0.1, -0.05) is 93.5 Å². The fourth-order valence-corrected chi connectivity index (χ4v) is 3.89. The summed E-state index contributed by atoms with van der Waals surface area (Å²) < 4.78 is 0. The van der Waals surface area contributed by atoms with Crippen LogP contribution in [0.5, 0.6) is 0 Å². The molecule has 0 bridgehead atoms. The van der Waals surface area contributed by atoms with Crippen molar-refractivity contribution >= 4 is 24.2 Å². The Morgan fingerprint density at radius 2 is 1.14 bits per heavy atom. The number of unbranched alkanes of at least 4 members (excludes halogenated alkanes) is 8. The van der Waals surface area contributed by atoms with Crippen LogP contribution < -0.4 is 0 Å². The fraction of sp³-hybridized carbons (Fsp3) is 0.462. The maximum absolute atomic E-state index is 12.2. The molecular formula is C26H34O2S. The smallest absolute Gasteiger partial charge is 0.163 e. The topological polar surface area (TPSA) is 34.1 Å². The number of ketones is 2. The molecule has 2 rings (SSSR count). The van der Waals surface area contributed by atoms with Crippen molar-refractivity contribution in [2.75, 3.05) is 0 Å². The highest BCUT2D eigenvalue weighted by atomic mass is 32.1. The molecule has 0 unspecified atom stereocenters. The number of thiol groups is 1. The van der Waals surface area contributed by atoms with Crippen molar-refractivity contribution in [1.29, 1.82) is 0 Å². The Kier molecular flexibility index (Phi) is 11.4. The highest BCUT2D eigenvalue weighted by Crippen LogP contribution is 2.17. The van der Waals surface area contributed by atoms with Crippen molar-refractivity contribution < 1.29 is 9.59 Å². The molecular weight excluding hydrogens is 376 g/mol. The van der Waals surface area contributed by atoms with Crippen LogP contribution in [-0.2, 0) is 11.2 Å². The van der Waals surface area contributed by atoms with E-state index in [1.165, 1.54) is 32.1 Å². The number of carbonyl (C=O) groups is 2. The van der Waals surface area contributed by atoms with Crippen molar-refractivity contribution in [2.24, 2.45) is 0 Å². The van der Waals surface area contributed by atoms with Crippen LogP contribution in [0.4, 0.5) is 0 Å². The third-order valence-corrected chi connectivity index (χ3v) is 5.70. The van der Waals surface area contributed by atoms with Crippen LogP contribution in [0.3, 0.4) is 0 Å². The molecule has 0 aliphatic carbocycles. The first kappa shape index (κ1) is 23.4. The lowest BCUT2D eigenvalue weighted by molar-refractivity contribution is -0.118. The highest BCUT2D eigenvalue weighted by molar-refractivity contribution is 7.80. The maximum Gasteiger partial charge on any atom is 0.163 e. The zero-order valence-corrected chi connectivity index (χ0v) is 18.3. The molecule has 156 valence electrons. The van der Waals surface area contributed by atoms with E-state index in [1.54, 1.807) is 0 Å². The van der Waals surface area contributed by atoms with Crippen LogP contribution in [0.2, 0.25) is 0 Å². The molecule has 0 N–H and O–H groups in total. The van der Waals surface area contributed by atoms with E-state index in [0.717, 1.165) is 41.7 Å². The van der Waals surface area contributed by atoms with Gasteiger partial charge in [0.25, 0.3) is 0 Å². The second kappa shape index (κ2) is 14.2. The molecule has 0 aliphatic heterocycles. The van der Waals surface area contributed by atoms with Gasteiger partial charge in [-0.25, -0.2) is 0 Å². The molecule has 0 radical (unpaired) electrons. The number of rotatable bonds is 15. The van der Waals surface area contributed by atoms with Gasteiger partial charge in [0.1, 0.15) is 5.78 Å². The average Bonchev–Trinajstić information content (AvgIpc) is 2.73. The van der Waals surface area contributed by atoms with Gasteiger partial charge < -0.3 is 0 Å². The zero-order valence-electron chi connectivity index (χ0n) is 17.4. The first-order valence-corrected chi connectivity index (χ1v) is 11.5. The van der Waals surface area contributed by atoms with Gasteiger partial charge in [0.05, 0.1) is 0 Å². The molecule has 2 nitrogen and oxygen atoms in total. The second-order valence-electron chi connectivity index (χ2n) is 7.82. The Morgan fingerprint density at radius 3 is 1.76 bits per heavy atom. The van der Waals surface area contributed by atoms with E-state index in [4.69, 9.17) is 0 Å². The lowest BCUT2D eigenvalue weighted by atomic mass is 10.0. The minimum atomic E-state index is 0.206. The zero-order chi connectivity index (χ0) is 20.7. The van der Waals surface area contributed by atoms with Crippen molar-refractivity contribution in [3.8, 4) is 0 Å². The third-order valence-electron chi connectivity index (χ3n) is 5.31. The van der Waals surface area contributed by atoms with E-state index in [2.05, 4.69) is 12.6 Å². The fourth-order valence-electron chi connectivity index (χ4n) is 3.60. The number of carbonyl (C=O) groups excluding carboxylic acids is 2. The number of hydrogen-bond acceptors (Lipinski definition) is 3. The maximum atomic E-state index is 12.2. The average molecular weight is 411 g/mol. The lowest BCUT2D eigenvalue weighted by Gasteiger charge is -2.05. The molecule has 3 heteroatoms. The molecule has 0 aromatic heterocycles. The predicted molar refractivity (Wildman–Crippen MR) is 124 cm³/mol. The quantitative estimate of drug-likeness (QED) is 0.190. The summed E-state index contributed by atoms with van der Waals surface area (Å²) >= 11 is 4.36. The van der Waals surface area contributed by atoms with Crippen LogP contribution in [0.1, 0.15) is 86.6 Å². The summed E-state index contributed by atoms with van der Waals surface area (Å²) in [4.78, 5) is 24.9. The van der Waals surface area contributed by atoms with E-state index in [0.29, 0.717) is 25.0 Å². The lowest BCUT2D eigenvalue weighted by Crippen LogP contribution is -2.02. The van der Waals surface area contributed by atoms with Gasteiger partial charge in [0, 0.05) is 29.7 Å². The number of benzene rings is 2. The van der Waals surface area contributed by atoms with E-state index in [1.807, 2.05) is 54.6 Å². The molecule has 0 amide bonds. The van der Waals surface area contributed by atoms with Crippen LogP contribution in [-0.4, -0.2) is 11.6 Å². The van der Waals surface area contributed by atoms with Gasteiger partial charge in [0.15, 0.2) is 5.78 Å². The monoisotopic (exact) mass is 410 g/mol. The minimum absolute atomic E-state index is 0.206. The van der Waals surface area contributed by atoms with E-state index < -0.39 is 0 Å². The molecule has 0 saturated heterocycles. The van der Waals surface area contributed by atoms with Crippen LogP contribution >= 0.6 is 12.6 Å². The molecule has 29 heavy (non-hydrogen) atoms. The summed E-state index contributed by atoms with van der Waals surface area (Å²) in [5.74, 6) is 0.559. The van der Waals surface area contributed by atoms with Gasteiger partial charge >= 0.3 is 0 Å². The number of Topliss-reactive ketones (excluding diaryl/α,β-unsaturated/α-hetero) is 2. The van der Waals surface area contributed by atoms with Crippen molar-refractivity contribution in [3.63, 3.8) is 0 Å². The predicted octanol–water partition coefficient (Wildman–Crippen LogP) is 7.26. The molecule has 0 fully saturated rings. The number of hydrogen-bond donors (Lipinski definition) is 1. The van der Waals surface area contributed by atoms with Gasteiger partial charge in [0.2, 0.25) is 0 Å². The molecule has 2 aromatic rings. The Labute approximate surface area is 181 Å². The third kappa shape index (κ3) is 9.94. The molecule has 0 heterocycles. The minimum Gasteiger partial charge on any atom is -0.299 e. The second-order valence-corrected chi connectivity index (χ2v) is 8.31. The Bertz CT molecular complexity index is 739. The molecule has 0 saturated carbocycles. The summed E-state index contributed by atoms with van der Waals surface area (Å²) in [6.45, 7) is 0. The van der Waals surface area contributed by atoms with Crippen LogP contribution in [0.15, 0.2) is 59.5 Å². The Hall–Kier alpha value is -1.87. The van der Waals surface area contributed by atoms with Gasteiger partial charge in [-0.2, -0.15) is 0 Å². The molecule has 2 aromatic carbocycles. The van der Waals surface area contributed by atoms with Crippen molar-refractivity contribution in [2.45, 2.75) is 81.9 Å². The van der Waals surface area contributed by atoms with E-state index in [9.17, 15) is 9.59 Å². The molecule has 0 atom stereocenters.